The first kappa shape index (κ1) is 25.3. The maximum absolute atomic E-state index is 12.7. The van der Waals surface area contributed by atoms with Gasteiger partial charge in [-0.1, -0.05) is 64.2 Å². The molecule has 1 aliphatic carbocycles. The van der Waals surface area contributed by atoms with Gasteiger partial charge in [-0.25, -0.2) is 0 Å². The third-order valence-corrected chi connectivity index (χ3v) is 4.44. The second-order valence-corrected chi connectivity index (χ2v) is 7.29. The lowest BCUT2D eigenvalue weighted by molar-refractivity contribution is -0.117. The molecular weight excluding hydrogens is 372 g/mol. The number of amides is 1. The molecule has 1 aromatic rings. The topological polar surface area (TPSA) is 50.4 Å². The van der Waals surface area contributed by atoms with E-state index in [0.717, 1.165) is 41.8 Å². The van der Waals surface area contributed by atoms with Crippen molar-refractivity contribution in [3.8, 4) is 5.75 Å². The van der Waals surface area contributed by atoms with Crippen molar-refractivity contribution >= 4 is 11.6 Å². The zero-order chi connectivity index (χ0) is 22.5. The summed E-state index contributed by atoms with van der Waals surface area (Å²) >= 11 is 0. The molecular formula is C26H38N2O2. The molecule has 1 atom stereocenters. The smallest absolute Gasteiger partial charge is 0.267 e. The van der Waals surface area contributed by atoms with E-state index in [4.69, 9.17) is 4.74 Å². The molecule has 2 N–H and O–H groups in total. The lowest BCUT2D eigenvalue weighted by Crippen LogP contribution is -2.38. The molecule has 0 saturated heterocycles. The molecule has 0 fully saturated rings. The van der Waals surface area contributed by atoms with Crippen molar-refractivity contribution in [2.75, 3.05) is 5.32 Å². The third-order valence-electron chi connectivity index (χ3n) is 4.44. The molecule has 2 rings (SSSR count). The van der Waals surface area contributed by atoms with Crippen LogP contribution < -0.4 is 15.4 Å². The van der Waals surface area contributed by atoms with Gasteiger partial charge in [-0.15, -0.1) is 0 Å². The normalized spacial score (nSPS) is 13.5. The highest BCUT2D eigenvalue weighted by Gasteiger charge is 2.17. The highest BCUT2D eigenvalue weighted by molar-refractivity contribution is 5.96. The molecule has 0 aromatic heterocycles. The lowest BCUT2D eigenvalue weighted by Gasteiger charge is -2.21. The minimum absolute atomic E-state index is 0.0184. The van der Waals surface area contributed by atoms with Gasteiger partial charge in [-0.2, -0.15) is 0 Å². The number of aryl methyl sites for hydroxylation is 1. The van der Waals surface area contributed by atoms with Crippen molar-refractivity contribution in [1.82, 2.24) is 5.32 Å². The van der Waals surface area contributed by atoms with Crippen molar-refractivity contribution in [2.24, 2.45) is 0 Å². The Bertz CT molecular complexity index is 788. The Hall–Kier alpha value is -2.75. The van der Waals surface area contributed by atoms with E-state index in [2.05, 4.69) is 42.4 Å². The molecule has 30 heavy (non-hydrogen) atoms. The van der Waals surface area contributed by atoms with E-state index in [1.54, 1.807) is 0 Å². The zero-order valence-corrected chi connectivity index (χ0v) is 19.4. The van der Waals surface area contributed by atoms with E-state index in [9.17, 15) is 4.79 Å². The Morgan fingerprint density at radius 3 is 2.60 bits per heavy atom. The Morgan fingerprint density at radius 1 is 1.23 bits per heavy atom. The van der Waals surface area contributed by atoms with Gasteiger partial charge in [-0.3, -0.25) is 4.79 Å². The summed E-state index contributed by atoms with van der Waals surface area (Å²) in [6, 6.07) is 5.75. The number of benzene rings is 1. The van der Waals surface area contributed by atoms with Gasteiger partial charge >= 0.3 is 0 Å². The van der Waals surface area contributed by atoms with Crippen molar-refractivity contribution in [3.63, 3.8) is 0 Å². The summed E-state index contributed by atoms with van der Waals surface area (Å²) in [5.41, 5.74) is 3.32. The van der Waals surface area contributed by atoms with Crippen molar-refractivity contribution in [2.45, 2.75) is 73.0 Å². The molecule has 0 unspecified atom stereocenters. The number of carbonyl (C=O) groups is 1. The summed E-state index contributed by atoms with van der Waals surface area (Å²) < 4.78 is 5.71. The Morgan fingerprint density at radius 2 is 1.97 bits per heavy atom. The van der Waals surface area contributed by atoms with Gasteiger partial charge in [-0.05, 0) is 62.9 Å². The van der Waals surface area contributed by atoms with Crippen LogP contribution in [0.4, 0.5) is 5.69 Å². The number of carbonyl (C=O) groups excluding carboxylic acids is 1. The van der Waals surface area contributed by atoms with Crippen LogP contribution in [-0.4, -0.2) is 18.1 Å². The quantitative estimate of drug-likeness (QED) is 0.459. The van der Waals surface area contributed by atoms with Crippen LogP contribution in [0.3, 0.4) is 0 Å². The van der Waals surface area contributed by atoms with E-state index in [0.29, 0.717) is 5.70 Å². The van der Waals surface area contributed by atoms with Gasteiger partial charge < -0.3 is 15.4 Å². The number of nitrogens with one attached hydrogen (secondary N) is 2. The van der Waals surface area contributed by atoms with Crippen LogP contribution in [0.2, 0.25) is 0 Å². The predicted molar refractivity (Wildman–Crippen MR) is 129 cm³/mol. The van der Waals surface area contributed by atoms with E-state index in [-0.39, 0.29) is 18.1 Å². The average molecular weight is 411 g/mol. The average Bonchev–Trinajstić information content (AvgIpc) is 3.00. The van der Waals surface area contributed by atoms with Crippen LogP contribution in [0.25, 0.3) is 0 Å². The number of ether oxygens (including phenoxy) is 1. The van der Waals surface area contributed by atoms with Crippen LogP contribution in [0, 0.1) is 6.92 Å². The summed E-state index contributed by atoms with van der Waals surface area (Å²) in [7, 11) is 0. The number of anilines is 1. The number of allylic oxidation sites excluding steroid dienone is 4. The number of hydrogen-bond acceptors (Lipinski definition) is 3. The van der Waals surface area contributed by atoms with Gasteiger partial charge in [0.25, 0.3) is 5.91 Å². The molecule has 4 nitrogen and oxygen atoms in total. The minimum Gasteiger partial charge on any atom is -0.491 e. The van der Waals surface area contributed by atoms with E-state index in [1.807, 2.05) is 65.0 Å². The Kier molecular flexibility index (Phi) is 11.4. The maximum atomic E-state index is 12.7. The van der Waals surface area contributed by atoms with Gasteiger partial charge in [0.1, 0.15) is 5.75 Å². The second-order valence-electron chi connectivity index (χ2n) is 7.29. The zero-order valence-electron chi connectivity index (χ0n) is 19.4. The largest absolute Gasteiger partial charge is 0.491 e. The molecule has 1 amide bonds. The lowest BCUT2D eigenvalue weighted by atomic mass is 10.0. The first-order valence-corrected chi connectivity index (χ1v) is 11.0. The third kappa shape index (κ3) is 8.32. The first-order valence-electron chi connectivity index (χ1n) is 11.0. The van der Waals surface area contributed by atoms with Gasteiger partial charge in [0.2, 0.25) is 0 Å². The summed E-state index contributed by atoms with van der Waals surface area (Å²) in [6.45, 7) is 16.0. The van der Waals surface area contributed by atoms with Crippen LogP contribution >= 0.6 is 0 Å². The Balaban J connectivity index is 0.00000218. The molecule has 0 aliphatic heterocycles. The molecule has 0 bridgehead atoms. The highest BCUT2D eigenvalue weighted by atomic mass is 16.5. The second kappa shape index (κ2) is 13.5. The summed E-state index contributed by atoms with van der Waals surface area (Å²) in [4.78, 5) is 12.7. The SMILES string of the molecule is C=C(Nc1ccc(OC(C)C)cc1C)C(=O)N[C@H](CCC)C1=CCC=CC=C1.CC. The van der Waals surface area contributed by atoms with E-state index < -0.39 is 0 Å². The summed E-state index contributed by atoms with van der Waals surface area (Å²) in [5, 5.41) is 6.26. The van der Waals surface area contributed by atoms with Crippen LogP contribution in [0.5, 0.6) is 5.75 Å². The fourth-order valence-electron chi connectivity index (χ4n) is 3.05. The van der Waals surface area contributed by atoms with Crippen molar-refractivity contribution < 1.29 is 9.53 Å². The van der Waals surface area contributed by atoms with Crippen LogP contribution in [0.15, 0.2) is 66.4 Å². The summed E-state index contributed by atoms with van der Waals surface area (Å²) in [5.74, 6) is 0.628. The fourth-order valence-corrected chi connectivity index (χ4v) is 3.05. The molecule has 0 radical (unpaired) electrons. The maximum Gasteiger partial charge on any atom is 0.267 e. The van der Waals surface area contributed by atoms with Gasteiger partial charge in [0, 0.05) is 5.69 Å². The fraction of sp³-hybridized carbons (Fsp3) is 0.423. The molecule has 1 aromatic carbocycles. The van der Waals surface area contributed by atoms with E-state index in [1.165, 1.54) is 0 Å². The standard InChI is InChI=1S/C24H32N2O2.C2H6/c1-6-11-23(20-12-9-7-8-10-13-20)26-24(27)19(5)25-22-15-14-21(16-18(22)4)28-17(2)3;1-2/h7-9,12-17,23,25H,5-6,10-11H2,1-4H3,(H,26,27);1-2H3/t23-;/m1./s1. The molecule has 0 spiro atoms. The number of hydrogen-bond donors (Lipinski definition) is 2. The first-order chi connectivity index (χ1) is 14.4. The molecule has 4 heteroatoms. The predicted octanol–water partition coefficient (Wildman–Crippen LogP) is 6.46. The van der Waals surface area contributed by atoms with Gasteiger partial charge in [0.05, 0.1) is 17.8 Å². The molecule has 1 aliphatic rings. The highest BCUT2D eigenvalue weighted by Crippen LogP contribution is 2.23. The minimum atomic E-state index is -0.188. The van der Waals surface area contributed by atoms with Gasteiger partial charge in [0.15, 0.2) is 0 Å². The van der Waals surface area contributed by atoms with Crippen LogP contribution in [-0.2, 0) is 4.79 Å². The Labute approximate surface area is 182 Å². The molecule has 0 saturated carbocycles. The monoisotopic (exact) mass is 410 g/mol. The summed E-state index contributed by atoms with van der Waals surface area (Å²) in [6.07, 6.45) is 13.2. The van der Waals surface area contributed by atoms with Crippen molar-refractivity contribution in [1.29, 1.82) is 0 Å². The van der Waals surface area contributed by atoms with E-state index >= 15 is 0 Å². The molecule has 0 heterocycles. The molecule has 164 valence electrons. The number of rotatable bonds is 9. The van der Waals surface area contributed by atoms with Crippen molar-refractivity contribution in [3.05, 3.63) is 72.0 Å². The van der Waals surface area contributed by atoms with Crippen LogP contribution in [0.1, 0.15) is 59.4 Å².